The Kier molecular flexibility index (Phi) is 4.88. The quantitative estimate of drug-likeness (QED) is 0.176. The van der Waals surface area contributed by atoms with Crippen LogP contribution in [-0.4, -0.2) is 18.9 Å². The van der Waals surface area contributed by atoms with Crippen molar-refractivity contribution < 1.29 is 0 Å². The third-order valence-electron chi connectivity index (χ3n) is 19.4. The molecule has 0 saturated heterocycles. The number of aromatic nitrogens is 4. The predicted octanol–water partition coefficient (Wildman–Crippen LogP) is 13.2. The summed E-state index contributed by atoms with van der Waals surface area (Å²) < 4.78 is 5.15. The lowest BCUT2D eigenvalue weighted by molar-refractivity contribution is 0.00321. The first-order chi connectivity index (χ1) is 28.6. The lowest BCUT2D eigenvalue weighted by Crippen LogP contribution is -2.41. The minimum Gasteiger partial charge on any atom is -0.309 e. The molecule has 5 heterocycles. The molecule has 8 aliphatic rings. The van der Waals surface area contributed by atoms with Gasteiger partial charge in [0.25, 0.3) is 0 Å². The Morgan fingerprint density at radius 1 is 0.466 bits per heavy atom. The summed E-state index contributed by atoms with van der Waals surface area (Å²) in [5, 5.41) is 8.59. The van der Waals surface area contributed by atoms with Crippen LogP contribution >= 0.6 is 0 Å². The number of nitrogens with zero attached hydrogens (tertiary/aromatic N) is 4. The number of hydrogen-bond acceptors (Lipinski definition) is 2. The van der Waals surface area contributed by atoms with E-state index in [9.17, 15) is 0 Å². The molecule has 6 fully saturated rings. The van der Waals surface area contributed by atoms with E-state index >= 15 is 0 Å². The SMILES string of the molecule is c1ccc(-n2c3ccccc3c3ccc(-c4cc5c6c7c(ncc6n6c8cnc9c(c8c(c4)c56)C4CC5CC6CC9CC65C4)C4CC5CC6CC7CC56C4)cc32)cc1. The van der Waals surface area contributed by atoms with Gasteiger partial charge in [0, 0.05) is 61.2 Å². The Hall–Kier alpha value is -5.22. The van der Waals surface area contributed by atoms with E-state index in [1.54, 1.807) is 11.1 Å². The molecule has 0 amide bonds. The third-order valence-corrected chi connectivity index (χ3v) is 19.4. The number of fused-ring (bicyclic) bond motifs is 21. The molecule has 4 nitrogen and oxygen atoms in total. The van der Waals surface area contributed by atoms with E-state index in [1.807, 2.05) is 0 Å². The Balaban J connectivity index is 0.998. The average Bonchev–Trinajstić information content (AvgIpc) is 4.09. The molecule has 6 saturated carbocycles. The topological polar surface area (TPSA) is 35.1 Å². The summed E-state index contributed by atoms with van der Waals surface area (Å²) >= 11 is 0. The number of pyridine rings is 2. The minimum atomic E-state index is 0.605. The highest BCUT2D eigenvalue weighted by Gasteiger charge is 2.67. The van der Waals surface area contributed by atoms with E-state index in [-0.39, 0.29) is 0 Å². The Labute approximate surface area is 336 Å². The molecule has 9 aromatic rings. The van der Waals surface area contributed by atoms with E-state index in [1.165, 1.54) is 152 Å². The monoisotopic (exact) mass is 748 g/mol. The summed E-state index contributed by atoms with van der Waals surface area (Å²) in [6, 6.07) is 32.5. The second kappa shape index (κ2) is 9.46. The van der Waals surface area contributed by atoms with Crippen LogP contribution in [0.4, 0.5) is 0 Å². The zero-order chi connectivity index (χ0) is 37.0. The van der Waals surface area contributed by atoms with Gasteiger partial charge >= 0.3 is 0 Å². The van der Waals surface area contributed by atoms with E-state index in [2.05, 4.69) is 106 Å². The number of rotatable bonds is 2. The fraction of sp³-hybridized carbons (Fsp3) is 0.370. The van der Waals surface area contributed by atoms with Crippen molar-refractivity contribution >= 4 is 59.9 Å². The fourth-order valence-electron chi connectivity index (χ4n) is 17.4. The molecule has 5 aromatic heterocycles. The lowest BCUT2D eigenvalue weighted by Gasteiger charge is -2.48. The van der Waals surface area contributed by atoms with Crippen molar-refractivity contribution in [2.75, 3.05) is 0 Å². The molecule has 17 rings (SSSR count). The summed E-state index contributed by atoms with van der Waals surface area (Å²) in [7, 11) is 0. The van der Waals surface area contributed by atoms with Crippen molar-refractivity contribution in [2.45, 2.75) is 87.9 Å². The largest absolute Gasteiger partial charge is 0.309 e. The summed E-state index contributed by atoms with van der Waals surface area (Å²) in [5.74, 6) is 6.29. The first kappa shape index (κ1) is 29.9. The summed E-state index contributed by atoms with van der Waals surface area (Å²) in [5.41, 5.74) is 17.9. The second-order valence-electron chi connectivity index (χ2n) is 21.1. The van der Waals surface area contributed by atoms with Crippen LogP contribution in [0, 0.1) is 34.5 Å². The molecule has 4 heteroatoms. The van der Waals surface area contributed by atoms with Crippen LogP contribution in [0.3, 0.4) is 0 Å². The molecule has 4 aromatic carbocycles. The summed E-state index contributed by atoms with van der Waals surface area (Å²) in [6.45, 7) is 0. The molecule has 280 valence electrons. The third kappa shape index (κ3) is 3.12. The zero-order valence-corrected chi connectivity index (χ0v) is 32.7. The molecule has 10 atom stereocenters. The Bertz CT molecular complexity index is 3250. The molecule has 8 aliphatic carbocycles. The van der Waals surface area contributed by atoms with Gasteiger partial charge in [0.15, 0.2) is 0 Å². The molecule has 0 radical (unpaired) electrons. The van der Waals surface area contributed by atoms with Gasteiger partial charge in [-0.05, 0) is 169 Å². The molecule has 6 bridgehead atoms. The maximum absolute atomic E-state index is 5.57. The molecular formula is C54H44N4. The van der Waals surface area contributed by atoms with Gasteiger partial charge in [0.05, 0.1) is 40.0 Å². The first-order valence-corrected chi connectivity index (χ1v) is 22.8. The zero-order valence-electron chi connectivity index (χ0n) is 32.7. The minimum absolute atomic E-state index is 0.605. The molecule has 10 unspecified atom stereocenters. The highest BCUT2D eigenvalue weighted by Crippen LogP contribution is 2.77. The maximum Gasteiger partial charge on any atom is 0.0728 e. The molecule has 58 heavy (non-hydrogen) atoms. The van der Waals surface area contributed by atoms with E-state index in [0.29, 0.717) is 34.5 Å². The second-order valence-corrected chi connectivity index (χ2v) is 21.1. The molecular weight excluding hydrogens is 705 g/mol. The average molecular weight is 749 g/mol. The van der Waals surface area contributed by atoms with Gasteiger partial charge in [0.1, 0.15) is 0 Å². The number of benzene rings is 4. The van der Waals surface area contributed by atoms with E-state index < -0.39 is 0 Å². The van der Waals surface area contributed by atoms with Gasteiger partial charge in [-0.1, -0.05) is 48.5 Å². The maximum atomic E-state index is 5.57. The van der Waals surface area contributed by atoms with E-state index in [4.69, 9.17) is 9.97 Å². The van der Waals surface area contributed by atoms with Crippen LogP contribution in [0.25, 0.3) is 76.7 Å². The normalized spacial score (nSPS) is 34.3. The van der Waals surface area contributed by atoms with Gasteiger partial charge in [-0.3, -0.25) is 9.97 Å². The van der Waals surface area contributed by atoms with Gasteiger partial charge in [0.2, 0.25) is 0 Å². The van der Waals surface area contributed by atoms with Crippen LogP contribution in [0.15, 0.2) is 97.3 Å². The van der Waals surface area contributed by atoms with Crippen LogP contribution in [0.2, 0.25) is 0 Å². The summed E-state index contributed by atoms with van der Waals surface area (Å²) in [6.07, 6.45) is 18.6. The van der Waals surface area contributed by atoms with Crippen molar-refractivity contribution in [1.82, 2.24) is 18.9 Å². The van der Waals surface area contributed by atoms with Crippen molar-refractivity contribution in [3.8, 4) is 16.8 Å². The summed E-state index contributed by atoms with van der Waals surface area (Å²) in [4.78, 5) is 11.1. The Morgan fingerprint density at radius 2 is 1.02 bits per heavy atom. The van der Waals surface area contributed by atoms with Gasteiger partial charge in [-0.2, -0.15) is 0 Å². The standard InChI is InChI=1S/C54H44N4/c1-2-6-37(7-3-1)57-42-9-5-4-8-38(42)39-11-10-27(18-43(39)57)28-16-40-48-44(25-55-50-31-14-35-19-33-12-29(46(48)50)21-53(33,35)23-31)58-45-26-56-51-32-15-36-20-34-13-30(22-54(34,36)24-32)47(51)49(45)41(17-28)52(40)58/h1-11,16-18,25-26,29-36H,12-15,19-24H2. The molecule has 0 N–H and O–H groups in total. The first-order valence-electron chi connectivity index (χ1n) is 22.8. The highest BCUT2D eigenvalue weighted by atomic mass is 15.0. The van der Waals surface area contributed by atoms with E-state index in [0.717, 1.165) is 23.7 Å². The predicted molar refractivity (Wildman–Crippen MR) is 232 cm³/mol. The smallest absolute Gasteiger partial charge is 0.0728 e. The van der Waals surface area contributed by atoms with Crippen LogP contribution in [-0.2, 0) is 0 Å². The highest BCUT2D eigenvalue weighted by molar-refractivity contribution is 6.26. The molecule has 0 aliphatic heterocycles. The van der Waals surface area contributed by atoms with Crippen LogP contribution in [0.5, 0.6) is 0 Å². The van der Waals surface area contributed by atoms with Crippen LogP contribution in [0.1, 0.15) is 110 Å². The Morgan fingerprint density at radius 3 is 1.66 bits per heavy atom. The van der Waals surface area contributed by atoms with Gasteiger partial charge in [-0.25, -0.2) is 0 Å². The van der Waals surface area contributed by atoms with Crippen molar-refractivity contribution in [3.05, 3.63) is 120 Å². The number of para-hydroxylation sites is 2. The van der Waals surface area contributed by atoms with Crippen molar-refractivity contribution in [3.63, 3.8) is 0 Å². The van der Waals surface area contributed by atoms with Crippen molar-refractivity contribution in [2.24, 2.45) is 34.5 Å². The van der Waals surface area contributed by atoms with Crippen LogP contribution < -0.4 is 0 Å². The number of hydrogen-bond donors (Lipinski definition) is 0. The lowest BCUT2D eigenvalue weighted by atomic mass is 9.56. The van der Waals surface area contributed by atoms with Gasteiger partial charge in [-0.15, -0.1) is 0 Å². The fourth-order valence-corrected chi connectivity index (χ4v) is 17.4. The van der Waals surface area contributed by atoms with Crippen molar-refractivity contribution in [1.29, 1.82) is 0 Å². The molecule has 2 spiro atoms. The van der Waals surface area contributed by atoms with Gasteiger partial charge < -0.3 is 8.97 Å².